The van der Waals surface area contributed by atoms with Crippen molar-refractivity contribution in [2.75, 3.05) is 19.6 Å². The molecule has 0 radical (unpaired) electrons. The summed E-state index contributed by atoms with van der Waals surface area (Å²) in [6.07, 6.45) is 8.27. The van der Waals surface area contributed by atoms with E-state index in [9.17, 15) is 0 Å². The Morgan fingerprint density at radius 1 is 1.29 bits per heavy atom. The Morgan fingerprint density at radius 3 is 2.50 bits per heavy atom. The van der Waals surface area contributed by atoms with Crippen LogP contribution in [0.3, 0.4) is 0 Å². The number of hydrogen-bond acceptors (Lipinski definition) is 2. The predicted octanol–water partition coefficient (Wildman–Crippen LogP) is 1.99. The number of hydrogen-bond donors (Lipinski definition) is 1. The first-order chi connectivity index (χ1) is 6.77. The molecule has 1 saturated carbocycles. The van der Waals surface area contributed by atoms with Gasteiger partial charge in [0, 0.05) is 18.6 Å². The van der Waals surface area contributed by atoms with Gasteiger partial charge in [0.2, 0.25) is 0 Å². The lowest BCUT2D eigenvalue weighted by molar-refractivity contribution is 0.0777. The fourth-order valence-corrected chi connectivity index (χ4v) is 3.23. The van der Waals surface area contributed by atoms with Crippen molar-refractivity contribution in [3.05, 3.63) is 0 Å². The molecule has 2 fully saturated rings. The maximum atomic E-state index is 6.02. The second-order valence-corrected chi connectivity index (χ2v) is 5.33. The van der Waals surface area contributed by atoms with E-state index in [2.05, 4.69) is 11.8 Å². The van der Waals surface area contributed by atoms with Gasteiger partial charge in [-0.3, -0.25) is 4.90 Å². The Morgan fingerprint density at radius 2 is 2.00 bits per heavy atom. The molecule has 1 saturated heterocycles. The van der Waals surface area contributed by atoms with E-state index >= 15 is 0 Å². The first kappa shape index (κ1) is 10.4. The van der Waals surface area contributed by atoms with Crippen molar-refractivity contribution in [3.8, 4) is 0 Å². The van der Waals surface area contributed by atoms with Crippen molar-refractivity contribution in [2.24, 2.45) is 11.7 Å². The fraction of sp³-hybridized carbons (Fsp3) is 1.00. The quantitative estimate of drug-likeness (QED) is 0.732. The predicted molar refractivity (Wildman–Crippen MR) is 60.2 cm³/mol. The minimum Gasteiger partial charge on any atom is -0.329 e. The average Bonchev–Trinajstić information content (AvgIpc) is 2.66. The van der Waals surface area contributed by atoms with E-state index in [1.807, 2.05) is 0 Å². The van der Waals surface area contributed by atoms with Gasteiger partial charge in [0.15, 0.2) is 0 Å². The minimum absolute atomic E-state index is 0.392. The molecule has 1 unspecified atom stereocenters. The van der Waals surface area contributed by atoms with E-state index in [1.165, 1.54) is 51.6 Å². The van der Waals surface area contributed by atoms with Gasteiger partial charge in [-0.05, 0) is 31.7 Å². The van der Waals surface area contributed by atoms with Crippen LogP contribution in [0.5, 0.6) is 0 Å². The summed E-state index contributed by atoms with van der Waals surface area (Å²) in [5.74, 6) is 0.889. The zero-order valence-electron chi connectivity index (χ0n) is 9.47. The minimum atomic E-state index is 0.392. The van der Waals surface area contributed by atoms with E-state index in [0.29, 0.717) is 5.54 Å². The standard InChI is InChI=1S/C12H24N2/c1-11-5-8-14(9-11)12(10-13)6-3-2-4-7-12/h11H,2-10,13H2,1H3. The highest BCUT2D eigenvalue weighted by Crippen LogP contribution is 2.36. The first-order valence-electron chi connectivity index (χ1n) is 6.22. The molecule has 0 aromatic carbocycles. The summed E-state index contributed by atoms with van der Waals surface area (Å²) in [6, 6.07) is 0. The number of likely N-dealkylation sites (tertiary alicyclic amines) is 1. The third-order valence-corrected chi connectivity index (χ3v) is 4.26. The molecule has 14 heavy (non-hydrogen) atoms. The second-order valence-electron chi connectivity index (χ2n) is 5.33. The Labute approximate surface area is 87.8 Å². The zero-order valence-corrected chi connectivity index (χ0v) is 9.47. The van der Waals surface area contributed by atoms with Crippen molar-refractivity contribution in [1.82, 2.24) is 4.90 Å². The normalized spacial score (nSPS) is 33.4. The zero-order chi connectivity index (χ0) is 10.0. The second kappa shape index (κ2) is 4.19. The molecular formula is C12H24N2. The Kier molecular flexibility index (Phi) is 3.13. The summed E-state index contributed by atoms with van der Waals surface area (Å²) in [5.41, 5.74) is 6.41. The summed E-state index contributed by atoms with van der Waals surface area (Å²) in [6.45, 7) is 5.82. The smallest absolute Gasteiger partial charge is 0.0331 e. The van der Waals surface area contributed by atoms with Crippen LogP contribution in [0, 0.1) is 5.92 Å². The SMILES string of the molecule is CC1CCN(C2(CN)CCCCC2)C1. The monoisotopic (exact) mass is 196 g/mol. The molecule has 2 rings (SSSR count). The summed E-state index contributed by atoms with van der Waals surface area (Å²) < 4.78 is 0. The van der Waals surface area contributed by atoms with Crippen LogP contribution in [0.1, 0.15) is 45.4 Å². The lowest BCUT2D eigenvalue weighted by atomic mass is 9.80. The molecule has 2 heteroatoms. The lowest BCUT2D eigenvalue weighted by Gasteiger charge is -2.44. The van der Waals surface area contributed by atoms with Crippen LogP contribution in [-0.4, -0.2) is 30.1 Å². The van der Waals surface area contributed by atoms with Crippen LogP contribution in [0.25, 0.3) is 0 Å². The van der Waals surface area contributed by atoms with Crippen molar-refractivity contribution >= 4 is 0 Å². The van der Waals surface area contributed by atoms with Crippen molar-refractivity contribution in [1.29, 1.82) is 0 Å². The van der Waals surface area contributed by atoms with E-state index in [0.717, 1.165) is 12.5 Å². The third kappa shape index (κ3) is 1.82. The summed E-state index contributed by atoms with van der Waals surface area (Å²) in [7, 11) is 0. The number of nitrogens with zero attached hydrogens (tertiary/aromatic N) is 1. The lowest BCUT2D eigenvalue weighted by Crippen LogP contribution is -2.54. The molecule has 82 valence electrons. The first-order valence-corrected chi connectivity index (χ1v) is 6.22. The molecule has 2 aliphatic rings. The van der Waals surface area contributed by atoms with Gasteiger partial charge in [-0.1, -0.05) is 26.2 Å². The molecule has 1 heterocycles. The highest BCUT2D eigenvalue weighted by Gasteiger charge is 2.39. The van der Waals surface area contributed by atoms with E-state index in [-0.39, 0.29) is 0 Å². The van der Waals surface area contributed by atoms with E-state index < -0.39 is 0 Å². The molecule has 1 aliphatic carbocycles. The molecule has 0 amide bonds. The molecule has 1 atom stereocenters. The van der Waals surface area contributed by atoms with Gasteiger partial charge >= 0.3 is 0 Å². The van der Waals surface area contributed by atoms with Crippen LogP contribution in [0.4, 0.5) is 0 Å². The van der Waals surface area contributed by atoms with E-state index in [1.54, 1.807) is 0 Å². The van der Waals surface area contributed by atoms with Crippen LogP contribution in [-0.2, 0) is 0 Å². The van der Waals surface area contributed by atoms with E-state index in [4.69, 9.17) is 5.73 Å². The molecule has 1 aliphatic heterocycles. The molecular weight excluding hydrogens is 172 g/mol. The largest absolute Gasteiger partial charge is 0.329 e. The van der Waals surface area contributed by atoms with Gasteiger partial charge in [0.25, 0.3) is 0 Å². The van der Waals surface area contributed by atoms with Gasteiger partial charge < -0.3 is 5.73 Å². The van der Waals surface area contributed by atoms with Gasteiger partial charge in [-0.25, -0.2) is 0 Å². The topological polar surface area (TPSA) is 29.3 Å². The molecule has 0 bridgehead atoms. The van der Waals surface area contributed by atoms with Crippen molar-refractivity contribution < 1.29 is 0 Å². The van der Waals surface area contributed by atoms with Gasteiger partial charge in [0.1, 0.15) is 0 Å². The third-order valence-electron chi connectivity index (χ3n) is 4.26. The Hall–Kier alpha value is -0.0800. The van der Waals surface area contributed by atoms with Crippen LogP contribution in [0.15, 0.2) is 0 Å². The maximum absolute atomic E-state index is 6.02. The Balaban J connectivity index is 2.03. The average molecular weight is 196 g/mol. The molecule has 0 aromatic rings. The summed E-state index contributed by atoms with van der Waals surface area (Å²) in [5, 5.41) is 0. The van der Waals surface area contributed by atoms with Crippen LogP contribution < -0.4 is 5.73 Å². The molecule has 2 N–H and O–H groups in total. The van der Waals surface area contributed by atoms with Crippen molar-refractivity contribution in [2.45, 2.75) is 51.0 Å². The fourth-order valence-electron chi connectivity index (χ4n) is 3.23. The number of nitrogens with two attached hydrogens (primary N) is 1. The Bertz CT molecular complexity index is 185. The highest BCUT2D eigenvalue weighted by molar-refractivity contribution is 4.96. The molecule has 0 aromatic heterocycles. The van der Waals surface area contributed by atoms with Gasteiger partial charge in [0.05, 0.1) is 0 Å². The van der Waals surface area contributed by atoms with Crippen molar-refractivity contribution in [3.63, 3.8) is 0 Å². The summed E-state index contributed by atoms with van der Waals surface area (Å²) >= 11 is 0. The van der Waals surface area contributed by atoms with Crippen LogP contribution >= 0.6 is 0 Å². The number of rotatable bonds is 2. The molecule has 0 spiro atoms. The highest BCUT2D eigenvalue weighted by atomic mass is 15.2. The molecule has 2 nitrogen and oxygen atoms in total. The van der Waals surface area contributed by atoms with Gasteiger partial charge in [-0.2, -0.15) is 0 Å². The van der Waals surface area contributed by atoms with Gasteiger partial charge in [-0.15, -0.1) is 0 Å². The summed E-state index contributed by atoms with van der Waals surface area (Å²) in [4.78, 5) is 2.69. The van der Waals surface area contributed by atoms with Crippen LogP contribution in [0.2, 0.25) is 0 Å². The maximum Gasteiger partial charge on any atom is 0.0331 e.